The fraction of sp³-hybridized carbons (Fsp3) is 0.522. The average molecular weight is 414 g/mol. The largest absolute Gasteiger partial charge is 0.354 e. The number of nitrogens with one attached hydrogen (secondary N) is 2. The fourth-order valence-electron chi connectivity index (χ4n) is 3.61. The van der Waals surface area contributed by atoms with Crippen molar-refractivity contribution >= 4 is 23.2 Å². The van der Waals surface area contributed by atoms with Crippen molar-refractivity contribution in [2.45, 2.75) is 64.8 Å². The van der Waals surface area contributed by atoms with Gasteiger partial charge in [-0.15, -0.1) is 11.3 Å². The lowest BCUT2D eigenvalue weighted by Gasteiger charge is -2.21. The van der Waals surface area contributed by atoms with Crippen LogP contribution < -0.4 is 10.6 Å². The van der Waals surface area contributed by atoms with E-state index in [9.17, 15) is 9.59 Å². The molecule has 0 radical (unpaired) electrons. The van der Waals surface area contributed by atoms with Crippen molar-refractivity contribution in [2.24, 2.45) is 5.92 Å². The molecular formula is C23H31N3O2S. The number of hydrogen-bond donors (Lipinski definition) is 2. The van der Waals surface area contributed by atoms with Gasteiger partial charge in [-0.05, 0) is 43.6 Å². The number of nitrogens with zero attached hydrogens (tertiary/aromatic N) is 1. The zero-order chi connectivity index (χ0) is 20.6. The number of fused-ring (bicyclic) bond motifs is 1. The summed E-state index contributed by atoms with van der Waals surface area (Å²) in [5.74, 6) is -0.210. The van der Waals surface area contributed by atoms with E-state index in [1.807, 2.05) is 55.5 Å². The monoisotopic (exact) mass is 413 g/mol. The molecule has 1 heterocycles. The number of aryl methyl sites for hydroxylation is 3. The third kappa shape index (κ3) is 6.39. The molecule has 2 aromatic rings. The van der Waals surface area contributed by atoms with Gasteiger partial charge in [-0.3, -0.25) is 9.59 Å². The van der Waals surface area contributed by atoms with Crippen molar-refractivity contribution in [1.82, 2.24) is 15.6 Å². The molecule has 5 nitrogen and oxygen atoms in total. The molecule has 0 saturated carbocycles. The number of carbonyl (C=O) groups is 2. The van der Waals surface area contributed by atoms with E-state index in [2.05, 4.69) is 10.6 Å². The third-order valence-corrected chi connectivity index (χ3v) is 6.45. The van der Waals surface area contributed by atoms with Crippen LogP contribution >= 0.6 is 11.3 Å². The van der Waals surface area contributed by atoms with E-state index in [0.717, 1.165) is 24.8 Å². The summed E-state index contributed by atoms with van der Waals surface area (Å²) in [6.45, 7) is 4.50. The van der Waals surface area contributed by atoms with E-state index in [0.29, 0.717) is 6.54 Å². The van der Waals surface area contributed by atoms with Crippen molar-refractivity contribution in [1.29, 1.82) is 0 Å². The molecule has 29 heavy (non-hydrogen) atoms. The van der Waals surface area contributed by atoms with E-state index < -0.39 is 6.04 Å². The lowest BCUT2D eigenvalue weighted by atomic mass is 10.0. The Balaban J connectivity index is 1.43. The highest BCUT2D eigenvalue weighted by atomic mass is 32.1. The summed E-state index contributed by atoms with van der Waals surface area (Å²) >= 11 is 1.83. The molecule has 1 unspecified atom stereocenters. The smallest absolute Gasteiger partial charge is 0.242 e. The van der Waals surface area contributed by atoms with Crippen LogP contribution in [-0.4, -0.2) is 29.4 Å². The molecule has 0 bridgehead atoms. The van der Waals surface area contributed by atoms with Crippen molar-refractivity contribution < 1.29 is 9.59 Å². The van der Waals surface area contributed by atoms with Crippen molar-refractivity contribution in [3.63, 3.8) is 0 Å². The second-order valence-corrected chi connectivity index (χ2v) is 9.20. The molecule has 1 aliphatic rings. The topological polar surface area (TPSA) is 71.1 Å². The van der Waals surface area contributed by atoms with Gasteiger partial charge in [0, 0.05) is 17.8 Å². The highest BCUT2D eigenvalue weighted by Gasteiger charge is 2.24. The molecule has 0 fully saturated rings. The molecule has 1 aliphatic carbocycles. The molecule has 2 amide bonds. The van der Waals surface area contributed by atoms with Crippen LogP contribution in [-0.2, 0) is 35.3 Å². The minimum absolute atomic E-state index is 0.0282. The Kier molecular flexibility index (Phi) is 7.81. The Morgan fingerprint density at radius 1 is 1.14 bits per heavy atom. The Hall–Kier alpha value is -2.21. The molecule has 0 spiro atoms. The summed E-state index contributed by atoms with van der Waals surface area (Å²) in [5.41, 5.74) is 2.24. The van der Waals surface area contributed by atoms with E-state index in [1.165, 1.54) is 34.8 Å². The second-order valence-electron chi connectivity index (χ2n) is 8.03. The molecule has 156 valence electrons. The number of hydrogen-bond acceptors (Lipinski definition) is 4. The van der Waals surface area contributed by atoms with Crippen molar-refractivity contribution in [3.05, 3.63) is 51.5 Å². The second kappa shape index (κ2) is 10.5. The van der Waals surface area contributed by atoms with Crippen LogP contribution in [0.4, 0.5) is 0 Å². The number of amides is 2. The van der Waals surface area contributed by atoms with Crippen LogP contribution in [0.5, 0.6) is 0 Å². The molecule has 0 saturated heterocycles. The van der Waals surface area contributed by atoms with E-state index >= 15 is 0 Å². The van der Waals surface area contributed by atoms with E-state index in [-0.39, 0.29) is 24.2 Å². The summed E-state index contributed by atoms with van der Waals surface area (Å²) in [5, 5.41) is 7.07. The van der Waals surface area contributed by atoms with Gasteiger partial charge in [-0.1, -0.05) is 44.2 Å². The predicted molar refractivity (Wildman–Crippen MR) is 117 cm³/mol. The van der Waals surface area contributed by atoms with Crippen molar-refractivity contribution in [2.75, 3.05) is 6.54 Å². The standard InChI is InChI=1S/C23H31N3O2S/c1-16(2)22(26-20(27)15-17-9-4-3-5-10-17)23(28)24-14-8-13-21-25-18-11-6-7-12-19(18)29-21/h3-5,9-10,16,22H,6-8,11-15H2,1-2H3,(H,24,28)(H,26,27). The minimum Gasteiger partial charge on any atom is -0.354 e. The lowest BCUT2D eigenvalue weighted by molar-refractivity contribution is -0.129. The zero-order valence-corrected chi connectivity index (χ0v) is 18.2. The Morgan fingerprint density at radius 2 is 1.90 bits per heavy atom. The maximum atomic E-state index is 12.6. The Morgan fingerprint density at radius 3 is 2.62 bits per heavy atom. The van der Waals surface area contributed by atoms with Gasteiger partial charge < -0.3 is 10.6 Å². The van der Waals surface area contributed by atoms with Crippen LogP contribution in [0.15, 0.2) is 30.3 Å². The maximum absolute atomic E-state index is 12.6. The summed E-state index contributed by atoms with van der Waals surface area (Å²) in [4.78, 5) is 31.2. The van der Waals surface area contributed by atoms with Crippen LogP contribution in [0.3, 0.4) is 0 Å². The normalized spacial score (nSPS) is 14.3. The van der Waals surface area contributed by atoms with E-state index in [4.69, 9.17) is 4.98 Å². The third-order valence-electron chi connectivity index (χ3n) is 5.23. The highest BCUT2D eigenvalue weighted by molar-refractivity contribution is 7.11. The van der Waals surface area contributed by atoms with Gasteiger partial charge in [0.15, 0.2) is 0 Å². The zero-order valence-electron chi connectivity index (χ0n) is 17.4. The summed E-state index contributed by atoms with van der Waals surface area (Å²) < 4.78 is 0. The summed E-state index contributed by atoms with van der Waals surface area (Å²) in [7, 11) is 0. The van der Waals surface area contributed by atoms with Crippen LogP contribution in [0, 0.1) is 5.92 Å². The van der Waals surface area contributed by atoms with Gasteiger partial charge in [0.05, 0.1) is 17.1 Å². The van der Waals surface area contributed by atoms with Gasteiger partial charge in [0.1, 0.15) is 6.04 Å². The molecule has 0 aliphatic heterocycles. The van der Waals surface area contributed by atoms with Gasteiger partial charge in [0.2, 0.25) is 11.8 Å². The molecule has 6 heteroatoms. The quantitative estimate of drug-likeness (QED) is 0.619. The predicted octanol–water partition coefficient (Wildman–Crippen LogP) is 3.45. The number of aromatic nitrogens is 1. The molecule has 1 atom stereocenters. The first-order valence-electron chi connectivity index (χ1n) is 10.6. The molecular weight excluding hydrogens is 382 g/mol. The molecule has 3 rings (SSSR count). The Labute approximate surface area is 177 Å². The number of thiazole rings is 1. The van der Waals surface area contributed by atoms with Gasteiger partial charge in [0.25, 0.3) is 0 Å². The summed E-state index contributed by atoms with van der Waals surface area (Å²) in [6, 6.07) is 9.06. The van der Waals surface area contributed by atoms with Crippen LogP contribution in [0.2, 0.25) is 0 Å². The summed E-state index contributed by atoms with van der Waals surface area (Å²) in [6.07, 6.45) is 6.84. The first kappa shape index (κ1) is 21.5. The van der Waals surface area contributed by atoms with Gasteiger partial charge >= 0.3 is 0 Å². The molecule has 2 N–H and O–H groups in total. The van der Waals surface area contributed by atoms with Crippen LogP contribution in [0.1, 0.15) is 54.3 Å². The Bertz CT molecular complexity index is 793. The van der Waals surface area contributed by atoms with E-state index in [1.54, 1.807) is 0 Å². The fourth-order valence-corrected chi connectivity index (χ4v) is 4.81. The average Bonchev–Trinajstić information content (AvgIpc) is 3.12. The lowest BCUT2D eigenvalue weighted by Crippen LogP contribution is -2.50. The SMILES string of the molecule is CC(C)C(NC(=O)Cc1ccccc1)C(=O)NCCCc1nc2c(s1)CCCC2. The highest BCUT2D eigenvalue weighted by Crippen LogP contribution is 2.27. The van der Waals surface area contributed by atoms with Crippen molar-refractivity contribution in [3.8, 4) is 0 Å². The van der Waals surface area contributed by atoms with Gasteiger partial charge in [-0.25, -0.2) is 4.98 Å². The first-order valence-corrected chi connectivity index (χ1v) is 11.4. The molecule has 1 aromatic carbocycles. The van der Waals surface area contributed by atoms with Crippen LogP contribution in [0.25, 0.3) is 0 Å². The van der Waals surface area contributed by atoms with Gasteiger partial charge in [-0.2, -0.15) is 0 Å². The number of carbonyl (C=O) groups excluding carboxylic acids is 2. The number of rotatable bonds is 9. The maximum Gasteiger partial charge on any atom is 0.242 e. The first-order chi connectivity index (χ1) is 14.0. The minimum atomic E-state index is -0.515. The number of benzene rings is 1. The molecule has 1 aromatic heterocycles.